The second-order valence-corrected chi connectivity index (χ2v) is 14.1. The van der Waals surface area contributed by atoms with Crippen molar-refractivity contribution in [3.8, 4) is 5.75 Å². The predicted octanol–water partition coefficient (Wildman–Crippen LogP) is 6.65. The highest BCUT2D eigenvalue weighted by atomic mass is 32.2. The summed E-state index contributed by atoms with van der Waals surface area (Å²) in [7, 11) is 0. The zero-order valence-corrected chi connectivity index (χ0v) is 27.6. The molecule has 2 heterocycles. The summed E-state index contributed by atoms with van der Waals surface area (Å²) < 4.78 is 26.0. The van der Waals surface area contributed by atoms with E-state index in [2.05, 4.69) is 17.0 Å². The van der Waals surface area contributed by atoms with E-state index in [1.54, 1.807) is 51.1 Å². The predicted molar refractivity (Wildman–Crippen MR) is 179 cm³/mol. The van der Waals surface area contributed by atoms with Gasteiger partial charge in [0.2, 0.25) is 5.91 Å². The highest BCUT2D eigenvalue weighted by Crippen LogP contribution is 2.35. The van der Waals surface area contributed by atoms with E-state index in [1.165, 1.54) is 11.0 Å². The molecule has 246 valence electrons. The molecule has 1 saturated heterocycles. The molecule has 5 rings (SSSR count). The zero-order chi connectivity index (χ0) is 33.7. The third-order valence-corrected chi connectivity index (χ3v) is 9.51. The van der Waals surface area contributed by atoms with Crippen LogP contribution in [0.15, 0.2) is 65.6 Å². The maximum absolute atomic E-state index is 14.5. The third-order valence-electron chi connectivity index (χ3n) is 8.16. The number of ether oxygens (including phenoxy) is 2. The second-order valence-electron chi connectivity index (χ2n) is 12.7. The highest BCUT2D eigenvalue weighted by Gasteiger charge is 2.37. The van der Waals surface area contributed by atoms with E-state index in [9.17, 15) is 18.8 Å². The molecule has 0 radical (unpaired) electrons. The monoisotopic (exact) mass is 658 g/mol. The number of carbonyl (C=O) groups is 3. The van der Waals surface area contributed by atoms with Crippen molar-refractivity contribution in [1.82, 2.24) is 4.90 Å². The summed E-state index contributed by atoms with van der Waals surface area (Å²) in [6.07, 6.45) is 1.87. The number of piperidine rings is 1. The van der Waals surface area contributed by atoms with Gasteiger partial charge in [-0.2, -0.15) is 0 Å². The average Bonchev–Trinajstić information content (AvgIpc) is 3.36. The Balaban J connectivity index is 1.14. The maximum atomic E-state index is 14.5. The fourth-order valence-corrected chi connectivity index (χ4v) is 6.99. The molecular formula is C36H39FN4O5S. The molecular weight excluding hydrogens is 619 g/mol. The van der Waals surface area contributed by atoms with Crippen LogP contribution in [0.5, 0.6) is 5.75 Å². The van der Waals surface area contributed by atoms with Crippen LogP contribution >= 0.6 is 11.8 Å². The molecule has 1 atom stereocenters. The molecule has 0 spiro atoms. The van der Waals surface area contributed by atoms with Crippen molar-refractivity contribution >= 4 is 40.9 Å². The molecule has 2 N–H and O–H groups in total. The first-order chi connectivity index (χ1) is 22.4. The second kappa shape index (κ2) is 14.5. The first-order valence-corrected chi connectivity index (χ1v) is 16.5. The van der Waals surface area contributed by atoms with E-state index < -0.39 is 23.5 Å². The van der Waals surface area contributed by atoms with E-state index in [4.69, 9.17) is 21.8 Å². The van der Waals surface area contributed by atoms with Crippen LogP contribution in [0.3, 0.4) is 0 Å². The van der Waals surface area contributed by atoms with Gasteiger partial charge in [-0.05, 0) is 82.0 Å². The Kier molecular flexibility index (Phi) is 10.4. The SMILES string of the molecule is [C-]#[N+]c1ccc(N2CCC(Sc3ccc(COc4cccc5c4CN([C@@H](CCC(=O)OC(C)(C)C)C(N)=O)C5=O)cc3)CC2)c(F)c1. The van der Waals surface area contributed by atoms with E-state index in [0.717, 1.165) is 36.4 Å². The molecule has 3 aromatic rings. The lowest BCUT2D eigenvalue weighted by Crippen LogP contribution is -2.45. The number of halogens is 1. The van der Waals surface area contributed by atoms with Crippen LogP contribution < -0.4 is 15.4 Å². The number of nitrogens with two attached hydrogens (primary N) is 1. The number of amides is 2. The Morgan fingerprint density at radius 1 is 1.11 bits per heavy atom. The number of hydrogen-bond acceptors (Lipinski definition) is 7. The van der Waals surface area contributed by atoms with Gasteiger partial charge in [0, 0.05) is 40.8 Å². The number of benzene rings is 3. The van der Waals surface area contributed by atoms with Gasteiger partial charge >= 0.3 is 5.97 Å². The summed E-state index contributed by atoms with van der Waals surface area (Å²) in [5, 5.41) is 0.416. The van der Waals surface area contributed by atoms with Crippen LogP contribution in [0.2, 0.25) is 0 Å². The lowest BCUT2D eigenvalue weighted by atomic mass is 10.1. The average molecular weight is 659 g/mol. The van der Waals surface area contributed by atoms with Crippen LogP contribution in [-0.2, 0) is 27.5 Å². The fraction of sp³-hybridized carbons (Fsp3) is 0.389. The first-order valence-electron chi connectivity index (χ1n) is 15.7. The van der Waals surface area contributed by atoms with Crippen molar-refractivity contribution in [2.45, 2.75) is 81.4 Å². The van der Waals surface area contributed by atoms with Crippen LogP contribution in [-0.4, -0.2) is 52.7 Å². The first kappa shape index (κ1) is 33.8. The number of hydrogen-bond donors (Lipinski definition) is 1. The van der Waals surface area contributed by atoms with Crippen molar-refractivity contribution in [3.63, 3.8) is 0 Å². The number of anilines is 1. The van der Waals surface area contributed by atoms with Crippen molar-refractivity contribution in [2.75, 3.05) is 18.0 Å². The summed E-state index contributed by atoms with van der Waals surface area (Å²) in [5.74, 6) is -1.25. The smallest absolute Gasteiger partial charge is 0.306 e. The standard InChI is InChI=1S/C36H39FN4O5S/c1-36(2,3)46-33(42)15-14-31(34(38)43)41-21-28-27(35(41)44)6-5-7-32(28)45-22-23-8-11-25(12-9-23)47-26-16-18-40(19-17-26)30-13-10-24(39-4)20-29(30)37/h5-13,20,26,31H,14-19,21-22H2,1-3H3,(H2,38,43)/t31-/m0/s1. The third kappa shape index (κ3) is 8.43. The van der Waals surface area contributed by atoms with E-state index in [-0.39, 0.29) is 31.1 Å². The number of fused-ring (bicyclic) bond motifs is 1. The topological polar surface area (TPSA) is 107 Å². The number of nitrogens with zero attached hydrogens (tertiary/aromatic N) is 3. The van der Waals surface area contributed by atoms with Crippen LogP contribution in [0.25, 0.3) is 4.85 Å². The molecule has 0 saturated carbocycles. The molecule has 3 aromatic carbocycles. The molecule has 0 bridgehead atoms. The number of esters is 1. The molecule has 9 nitrogen and oxygen atoms in total. The Morgan fingerprint density at radius 2 is 1.83 bits per heavy atom. The van der Waals surface area contributed by atoms with Gasteiger partial charge in [-0.3, -0.25) is 14.4 Å². The summed E-state index contributed by atoms with van der Waals surface area (Å²) in [6.45, 7) is 14.3. The largest absolute Gasteiger partial charge is 0.489 e. The Hall–Kier alpha value is -4.56. The molecule has 2 aliphatic rings. The molecule has 0 unspecified atom stereocenters. The molecule has 2 aliphatic heterocycles. The van der Waals surface area contributed by atoms with Crippen molar-refractivity contribution in [3.05, 3.63) is 94.6 Å². The van der Waals surface area contributed by atoms with Crippen LogP contribution in [0.1, 0.15) is 67.9 Å². The molecule has 0 aromatic heterocycles. The molecule has 1 fully saturated rings. The Morgan fingerprint density at radius 3 is 2.47 bits per heavy atom. The van der Waals surface area contributed by atoms with E-state index in [0.29, 0.717) is 40.1 Å². The molecule has 11 heteroatoms. The molecule has 0 aliphatic carbocycles. The molecule has 47 heavy (non-hydrogen) atoms. The Bertz CT molecular complexity index is 1680. The van der Waals surface area contributed by atoms with Gasteiger partial charge in [-0.25, -0.2) is 9.24 Å². The normalized spacial score (nSPS) is 15.6. The lowest BCUT2D eigenvalue weighted by Gasteiger charge is -2.33. The summed E-state index contributed by atoms with van der Waals surface area (Å²) in [5.41, 5.74) is 7.98. The van der Waals surface area contributed by atoms with Gasteiger partial charge in [-0.15, -0.1) is 11.8 Å². The number of rotatable bonds is 11. The highest BCUT2D eigenvalue weighted by molar-refractivity contribution is 8.00. The number of primary amides is 1. The van der Waals surface area contributed by atoms with Gasteiger partial charge in [0.25, 0.3) is 5.91 Å². The van der Waals surface area contributed by atoms with Crippen molar-refractivity contribution in [2.24, 2.45) is 5.73 Å². The fourth-order valence-electron chi connectivity index (χ4n) is 5.87. The molecule has 2 amide bonds. The Labute approximate surface area is 279 Å². The summed E-state index contributed by atoms with van der Waals surface area (Å²) in [4.78, 5) is 45.8. The number of thioether (sulfide) groups is 1. The van der Waals surface area contributed by atoms with Gasteiger partial charge < -0.3 is 25.0 Å². The minimum atomic E-state index is -0.953. The van der Waals surface area contributed by atoms with Crippen LogP contribution in [0.4, 0.5) is 15.8 Å². The van der Waals surface area contributed by atoms with Crippen molar-refractivity contribution < 1.29 is 28.2 Å². The number of carbonyl (C=O) groups excluding carboxylic acids is 3. The van der Waals surface area contributed by atoms with Crippen molar-refractivity contribution in [1.29, 1.82) is 0 Å². The zero-order valence-electron chi connectivity index (χ0n) is 26.8. The lowest BCUT2D eigenvalue weighted by molar-refractivity contribution is -0.155. The van der Waals surface area contributed by atoms with Crippen LogP contribution in [0, 0.1) is 12.4 Å². The van der Waals surface area contributed by atoms with Gasteiger partial charge in [0.15, 0.2) is 5.69 Å². The van der Waals surface area contributed by atoms with Gasteiger partial charge in [0.1, 0.15) is 29.8 Å². The van der Waals surface area contributed by atoms with E-state index in [1.807, 2.05) is 28.8 Å². The summed E-state index contributed by atoms with van der Waals surface area (Å²) >= 11 is 1.81. The minimum absolute atomic E-state index is 0.0405. The maximum Gasteiger partial charge on any atom is 0.306 e. The van der Waals surface area contributed by atoms with Gasteiger partial charge in [-0.1, -0.05) is 24.3 Å². The van der Waals surface area contributed by atoms with Gasteiger partial charge in [0.05, 0.1) is 18.8 Å². The quantitative estimate of drug-likeness (QED) is 0.182. The summed E-state index contributed by atoms with van der Waals surface area (Å²) in [6, 6.07) is 17.1. The van der Waals surface area contributed by atoms with E-state index >= 15 is 0 Å². The minimum Gasteiger partial charge on any atom is -0.489 e.